The first-order chi connectivity index (χ1) is 10.8. The summed E-state index contributed by atoms with van der Waals surface area (Å²) in [5.41, 5.74) is 6.48. The van der Waals surface area contributed by atoms with Crippen molar-refractivity contribution in [3.05, 3.63) is 12.7 Å². The van der Waals surface area contributed by atoms with E-state index in [0.717, 1.165) is 0 Å². The normalized spacial score (nSPS) is 26.7. The number of rotatable bonds is 4. The number of fused-ring (bicyclic) bond motifs is 1. The SMILES string of the molecule is Nc1ncnc2c1ncn2[C@H]1C[C@H](O)[C@@H](C(O)OP(O)(O)=S)O1. The van der Waals surface area contributed by atoms with Gasteiger partial charge in [0.05, 0.1) is 12.4 Å². The van der Waals surface area contributed by atoms with Crippen molar-refractivity contribution in [1.82, 2.24) is 19.5 Å². The van der Waals surface area contributed by atoms with Crippen LogP contribution in [-0.4, -0.2) is 58.0 Å². The van der Waals surface area contributed by atoms with Crippen LogP contribution in [0.15, 0.2) is 12.7 Å². The lowest BCUT2D eigenvalue weighted by Crippen LogP contribution is -2.35. The quantitative estimate of drug-likeness (QED) is 0.320. The fourth-order valence-corrected chi connectivity index (χ4v) is 3.05. The highest BCUT2D eigenvalue weighted by atomic mass is 32.5. The van der Waals surface area contributed by atoms with E-state index in [2.05, 4.69) is 31.3 Å². The topological polar surface area (TPSA) is 169 Å². The molecule has 0 saturated carbocycles. The van der Waals surface area contributed by atoms with Crippen LogP contribution < -0.4 is 5.73 Å². The van der Waals surface area contributed by atoms with Gasteiger partial charge < -0.3 is 30.5 Å². The van der Waals surface area contributed by atoms with E-state index >= 15 is 0 Å². The number of aliphatic hydroxyl groups is 2. The van der Waals surface area contributed by atoms with Crippen LogP contribution in [0.4, 0.5) is 5.82 Å². The summed E-state index contributed by atoms with van der Waals surface area (Å²) in [6.07, 6.45) is -2.03. The zero-order valence-electron chi connectivity index (χ0n) is 11.5. The molecule has 0 amide bonds. The van der Waals surface area contributed by atoms with E-state index in [-0.39, 0.29) is 12.2 Å². The molecule has 13 heteroatoms. The molecule has 1 fully saturated rings. The Bertz CT molecular complexity index is 767. The number of nitrogen functional groups attached to an aromatic ring is 1. The molecular weight excluding hydrogens is 349 g/mol. The van der Waals surface area contributed by atoms with Gasteiger partial charge in [-0.1, -0.05) is 0 Å². The summed E-state index contributed by atoms with van der Waals surface area (Å²) in [4.78, 5) is 30.1. The number of nitrogens with zero attached hydrogens (tertiary/aromatic N) is 4. The summed E-state index contributed by atoms with van der Waals surface area (Å²) < 4.78 is 11.5. The van der Waals surface area contributed by atoms with Gasteiger partial charge in [-0.2, -0.15) is 0 Å². The Hall–Kier alpha value is -1.24. The van der Waals surface area contributed by atoms with E-state index in [9.17, 15) is 10.2 Å². The molecule has 23 heavy (non-hydrogen) atoms. The molecule has 3 heterocycles. The zero-order chi connectivity index (χ0) is 16.8. The fraction of sp³-hybridized carbons (Fsp3) is 0.500. The third-order valence-electron chi connectivity index (χ3n) is 3.36. The summed E-state index contributed by atoms with van der Waals surface area (Å²) in [7, 11) is 0. The van der Waals surface area contributed by atoms with E-state index in [0.29, 0.717) is 11.2 Å². The second-order valence-electron chi connectivity index (χ2n) is 4.93. The molecule has 0 aromatic carbocycles. The van der Waals surface area contributed by atoms with Crippen LogP contribution in [0.5, 0.6) is 0 Å². The second kappa shape index (κ2) is 6.00. The number of aromatic nitrogens is 4. The summed E-state index contributed by atoms with van der Waals surface area (Å²) in [6.45, 7) is -4.09. The van der Waals surface area contributed by atoms with E-state index in [1.54, 1.807) is 0 Å². The van der Waals surface area contributed by atoms with Gasteiger partial charge in [0.2, 0.25) is 0 Å². The molecule has 6 N–H and O–H groups in total. The van der Waals surface area contributed by atoms with Crippen LogP contribution in [0.2, 0.25) is 0 Å². The standard InChI is InChI=1S/C10H14N5O6PS/c11-8-6-9(13-2-12-8)15(3-14-6)5-1-4(16)7(20-5)10(17)21-22(18,19)23/h2-5,7,10,16-17H,1H2,(H2,11,12,13)(H2,18,19,23)/t4-,5+,7-,10?/m0/s1. The number of hydrogen-bond acceptors (Lipinski definition) is 9. The van der Waals surface area contributed by atoms with Crippen molar-refractivity contribution in [1.29, 1.82) is 0 Å². The molecular formula is C10H14N5O6PS. The van der Waals surface area contributed by atoms with Crippen LogP contribution in [0.25, 0.3) is 11.2 Å². The van der Waals surface area contributed by atoms with Gasteiger partial charge in [-0.25, -0.2) is 15.0 Å². The maximum absolute atomic E-state index is 10.0. The Morgan fingerprint density at radius 2 is 2.17 bits per heavy atom. The lowest BCUT2D eigenvalue weighted by Gasteiger charge is -2.22. The number of ether oxygens (including phenoxy) is 1. The highest BCUT2D eigenvalue weighted by molar-refractivity contribution is 8.06. The van der Waals surface area contributed by atoms with Gasteiger partial charge in [0, 0.05) is 6.42 Å². The molecule has 11 nitrogen and oxygen atoms in total. The minimum atomic E-state index is -4.09. The smallest absolute Gasteiger partial charge is 0.324 e. The minimum Gasteiger partial charge on any atom is -0.390 e. The lowest BCUT2D eigenvalue weighted by atomic mass is 10.2. The van der Waals surface area contributed by atoms with E-state index in [1.165, 1.54) is 17.2 Å². The third kappa shape index (κ3) is 3.34. The first-order valence-electron chi connectivity index (χ1n) is 6.45. The molecule has 1 unspecified atom stereocenters. The second-order valence-corrected chi connectivity index (χ2v) is 7.55. The van der Waals surface area contributed by atoms with Gasteiger partial charge in [0.1, 0.15) is 24.2 Å². The molecule has 3 rings (SSSR count). The lowest BCUT2D eigenvalue weighted by molar-refractivity contribution is -0.157. The summed E-state index contributed by atoms with van der Waals surface area (Å²) in [6, 6.07) is 0. The number of imidazole rings is 1. The minimum absolute atomic E-state index is 0.0974. The van der Waals surface area contributed by atoms with E-state index < -0.39 is 31.4 Å². The largest absolute Gasteiger partial charge is 0.390 e. The average molecular weight is 363 g/mol. The highest BCUT2D eigenvalue weighted by Gasteiger charge is 2.42. The summed E-state index contributed by atoms with van der Waals surface area (Å²) in [5.74, 6) is 0.202. The van der Waals surface area contributed by atoms with Crippen molar-refractivity contribution >= 4 is 35.5 Å². The van der Waals surface area contributed by atoms with Crippen molar-refractivity contribution in [3.63, 3.8) is 0 Å². The molecule has 4 atom stereocenters. The molecule has 1 saturated heterocycles. The number of anilines is 1. The Labute approximate surface area is 134 Å². The molecule has 0 radical (unpaired) electrons. The highest BCUT2D eigenvalue weighted by Crippen LogP contribution is 2.41. The number of aliphatic hydroxyl groups excluding tert-OH is 2. The molecule has 0 spiro atoms. The number of nitrogens with two attached hydrogens (primary N) is 1. The van der Waals surface area contributed by atoms with Crippen molar-refractivity contribution in [2.24, 2.45) is 0 Å². The zero-order valence-corrected chi connectivity index (χ0v) is 13.2. The molecule has 0 aliphatic carbocycles. The molecule has 0 bridgehead atoms. The van der Waals surface area contributed by atoms with E-state index in [4.69, 9.17) is 20.3 Å². The number of hydrogen-bond donors (Lipinski definition) is 5. The Balaban J connectivity index is 1.83. The fourth-order valence-electron chi connectivity index (χ4n) is 2.39. The van der Waals surface area contributed by atoms with Crippen LogP contribution in [0, 0.1) is 0 Å². The monoisotopic (exact) mass is 363 g/mol. The van der Waals surface area contributed by atoms with Crippen molar-refractivity contribution in [2.45, 2.75) is 31.1 Å². The molecule has 126 valence electrons. The van der Waals surface area contributed by atoms with Crippen LogP contribution >= 0.6 is 6.72 Å². The third-order valence-corrected chi connectivity index (χ3v) is 4.11. The van der Waals surface area contributed by atoms with Crippen LogP contribution in [-0.2, 0) is 21.1 Å². The first-order valence-corrected chi connectivity index (χ1v) is 9.07. The van der Waals surface area contributed by atoms with Crippen molar-refractivity contribution < 1.29 is 29.3 Å². The van der Waals surface area contributed by atoms with Gasteiger partial charge in [0.15, 0.2) is 17.8 Å². The van der Waals surface area contributed by atoms with Crippen LogP contribution in [0.3, 0.4) is 0 Å². The van der Waals surface area contributed by atoms with Gasteiger partial charge in [0.25, 0.3) is 0 Å². The average Bonchev–Trinajstić information content (AvgIpc) is 3.01. The molecule has 2 aromatic rings. The Kier molecular flexibility index (Phi) is 4.33. The molecule has 2 aromatic heterocycles. The van der Waals surface area contributed by atoms with Gasteiger partial charge >= 0.3 is 6.72 Å². The molecule has 1 aliphatic heterocycles. The predicted octanol–water partition coefficient (Wildman–Crippen LogP) is -1.40. The summed E-state index contributed by atoms with van der Waals surface area (Å²) in [5, 5.41) is 19.8. The van der Waals surface area contributed by atoms with Gasteiger partial charge in [-0.15, -0.1) is 0 Å². The van der Waals surface area contributed by atoms with Crippen molar-refractivity contribution in [3.8, 4) is 0 Å². The molecule has 1 aliphatic rings. The van der Waals surface area contributed by atoms with Crippen molar-refractivity contribution in [2.75, 3.05) is 5.73 Å². The van der Waals surface area contributed by atoms with Crippen LogP contribution in [0.1, 0.15) is 12.6 Å². The Morgan fingerprint density at radius 1 is 1.43 bits per heavy atom. The maximum Gasteiger partial charge on any atom is 0.324 e. The Morgan fingerprint density at radius 3 is 2.87 bits per heavy atom. The first kappa shape index (κ1) is 16.6. The van der Waals surface area contributed by atoms with Gasteiger partial charge in [-0.3, -0.25) is 9.09 Å². The maximum atomic E-state index is 10.0. The van der Waals surface area contributed by atoms with Gasteiger partial charge in [-0.05, 0) is 11.8 Å². The summed E-state index contributed by atoms with van der Waals surface area (Å²) >= 11 is 4.28. The predicted molar refractivity (Wildman–Crippen MR) is 80.1 cm³/mol. The van der Waals surface area contributed by atoms with E-state index in [1.807, 2.05) is 0 Å².